The van der Waals surface area contributed by atoms with E-state index in [2.05, 4.69) is 15.3 Å². The molecule has 0 aliphatic rings. The summed E-state index contributed by atoms with van der Waals surface area (Å²) in [5.41, 5.74) is 2.55. The number of benzene rings is 2. The second kappa shape index (κ2) is 8.06. The quantitative estimate of drug-likeness (QED) is 0.753. The maximum absolute atomic E-state index is 12.3. The van der Waals surface area contributed by atoms with Crippen LogP contribution in [0.1, 0.15) is 16.1 Å². The van der Waals surface area contributed by atoms with Crippen molar-refractivity contribution in [2.75, 3.05) is 18.5 Å². The molecule has 5 heteroatoms. The number of anilines is 2. The van der Waals surface area contributed by atoms with Crippen molar-refractivity contribution < 1.29 is 4.79 Å². The Balaban J connectivity index is 1.63. The largest absolute Gasteiger partial charge is 0.350 e. The van der Waals surface area contributed by atoms with Gasteiger partial charge in [0.25, 0.3) is 5.91 Å². The molecule has 0 aliphatic heterocycles. The van der Waals surface area contributed by atoms with Crippen LogP contribution in [0.15, 0.2) is 73.1 Å². The molecule has 1 aromatic heterocycles. The first-order chi connectivity index (χ1) is 12.2. The first-order valence-corrected chi connectivity index (χ1v) is 8.17. The lowest BCUT2D eigenvalue weighted by atomic mass is 10.1. The van der Waals surface area contributed by atoms with Crippen molar-refractivity contribution in [3.8, 4) is 0 Å². The SMILES string of the molecule is CN(c1ccccc1)c1cc(C(=O)NCCc2ccccc2)ncn1. The zero-order valence-electron chi connectivity index (χ0n) is 14.1. The molecule has 5 nitrogen and oxygen atoms in total. The summed E-state index contributed by atoms with van der Waals surface area (Å²) in [6.07, 6.45) is 2.20. The lowest BCUT2D eigenvalue weighted by molar-refractivity contribution is 0.0949. The van der Waals surface area contributed by atoms with E-state index in [9.17, 15) is 4.79 Å². The van der Waals surface area contributed by atoms with Crippen LogP contribution in [0.25, 0.3) is 0 Å². The van der Waals surface area contributed by atoms with Crippen LogP contribution in [0.5, 0.6) is 0 Å². The summed E-state index contributed by atoms with van der Waals surface area (Å²) in [5, 5.41) is 2.91. The van der Waals surface area contributed by atoms with Gasteiger partial charge in [0.15, 0.2) is 0 Å². The first kappa shape index (κ1) is 16.6. The molecule has 1 heterocycles. The zero-order chi connectivity index (χ0) is 17.5. The summed E-state index contributed by atoms with van der Waals surface area (Å²) < 4.78 is 0. The Kier molecular flexibility index (Phi) is 5.36. The minimum Gasteiger partial charge on any atom is -0.350 e. The van der Waals surface area contributed by atoms with Crippen LogP contribution in [0.2, 0.25) is 0 Å². The van der Waals surface area contributed by atoms with Crippen LogP contribution >= 0.6 is 0 Å². The Morgan fingerprint density at radius 1 is 1.00 bits per heavy atom. The average Bonchev–Trinajstić information content (AvgIpc) is 2.69. The number of nitrogens with zero attached hydrogens (tertiary/aromatic N) is 3. The van der Waals surface area contributed by atoms with Gasteiger partial charge in [-0.2, -0.15) is 0 Å². The molecule has 3 rings (SSSR count). The van der Waals surface area contributed by atoms with E-state index in [4.69, 9.17) is 0 Å². The highest BCUT2D eigenvalue weighted by atomic mass is 16.1. The van der Waals surface area contributed by atoms with E-state index < -0.39 is 0 Å². The fourth-order valence-corrected chi connectivity index (χ4v) is 2.49. The molecule has 0 bridgehead atoms. The summed E-state index contributed by atoms with van der Waals surface area (Å²) in [5.74, 6) is 0.482. The van der Waals surface area contributed by atoms with Crippen LogP contribution in [-0.2, 0) is 6.42 Å². The zero-order valence-corrected chi connectivity index (χ0v) is 14.1. The Labute approximate surface area is 147 Å². The van der Waals surface area contributed by atoms with Gasteiger partial charge in [-0.25, -0.2) is 9.97 Å². The fraction of sp³-hybridized carbons (Fsp3) is 0.150. The Morgan fingerprint density at radius 2 is 1.68 bits per heavy atom. The van der Waals surface area contributed by atoms with Crippen molar-refractivity contribution >= 4 is 17.4 Å². The number of amides is 1. The molecule has 25 heavy (non-hydrogen) atoms. The molecular formula is C20H20N4O. The molecule has 0 fully saturated rings. The highest BCUT2D eigenvalue weighted by Crippen LogP contribution is 2.20. The molecule has 0 spiro atoms. The Bertz CT molecular complexity index is 821. The van der Waals surface area contributed by atoms with Gasteiger partial charge < -0.3 is 10.2 Å². The topological polar surface area (TPSA) is 58.1 Å². The fourth-order valence-electron chi connectivity index (χ4n) is 2.49. The van der Waals surface area contributed by atoms with Gasteiger partial charge in [0.2, 0.25) is 0 Å². The molecule has 3 aromatic rings. The molecule has 0 radical (unpaired) electrons. The molecule has 1 N–H and O–H groups in total. The Morgan fingerprint density at radius 3 is 2.40 bits per heavy atom. The van der Waals surface area contributed by atoms with E-state index >= 15 is 0 Å². The summed E-state index contributed by atoms with van der Waals surface area (Å²) in [6, 6.07) is 21.6. The molecule has 0 saturated heterocycles. The van der Waals surface area contributed by atoms with Crippen LogP contribution in [0, 0.1) is 0 Å². The average molecular weight is 332 g/mol. The van der Waals surface area contributed by atoms with Crippen molar-refractivity contribution in [3.63, 3.8) is 0 Å². The lowest BCUT2D eigenvalue weighted by Gasteiger charge is -2.18. The number of rotatable bonds is 6. The van der Waals surface area contributed by atoms with E-state index in [1.54, 1.807) is 6.07 Å². The molecule has 0 unspecified atom stereocenters. The molecule has 0 aliphatic carbocycles. The van der Waals surface area contributed by atoms with E-state index in [1.165, 1.54) is 11.9 Å². The second-order valence-electron chi connectivity index (χ2n) is 5.65. The van der Waals surface area contributed by atoms with E-state index in [0.29, 0.717) is 18.1 Å². The van der Waals surface area contributed by atoms with E-state index in [0.717, 1.165) is 12.1 Å². The predicted molar refractivity (Wildman–Crippen MR) is 99.0 cm³/mol. The summed E-state index contributed by atoms with van der Waals surface area (Å²) in [4.78, 5) is 22.6. The summed E-state index contributed by atoms with van der Waals surface area (Å²) >= 11 is 0. The number of hydrogen-bond donors (Lipinski definition) is 1. The minimum atomic E-state index is -0.193. The third kappa shape index (κ3) is 4.41. The van der Waals surface area contributed by atoms with Crippen molar-refractivity contribution in [1.29, 1.82) is 0 Å². The number of hydrogen-bond acceptors (Lipinski definition) is 4. The maximum atomic E-state index is 12.3. The maximum Gasteiger partial charge on any atom is 0.270 e. The molecule has 0 saturated carbocycles. The number of aromatic nitrogens is 2. The Hall–Kier alpha value is -3.21. The van der Waals surface area contributed by atoms with Gasteiger partial charge in [-0.1, -0.05) is 48.5 Å². The van der Waals surface area contributed by atoms with Crippen molar-refractivity contribution in [2.45, 2.75) is 6.42 Å². The van der Waals surface area contributed by atoms with Gasteiger partial charge in [0.1, 0.15) is 17.8 Å². The third-order valence-electron chi connectivity index (χ3n) is 3.91. The normalized spacial score (nSPS) is 10.3. The highest BCUT2D eigenvalue weighted by Gasteiger charge is 2.11. The van der Waals surface area contributed by atoms with E-state index in [-0.39, 0.29) is 5.91 Å². The highest BCUT2D eigenvalue weighted by molar-refractivity contribution is 5.93. The van der Waals surface area contributed by atoms with Crippen molar-refractivity contribution in [2.24, 2.45) is 0 Å². The molecule has 0 atom stereocenters. The molecule has 2 aromatic carbocycles. The van der Waals surface area contributed by atoms with Crippen LogP contribution < -0.4 is 10.2 Å². The number of para-hydroxylation sites is 1. The lowest BCUT2D eigenvalue weighted by Crippen LogP contribution is -2.27. The predicted octanol–water partition coefficient (Wildman–Crippen LogP) is 3.22. The van der Waals surface area contributed by atoms with Gasteiger partial charge in [-0.05, 0) is 24.1 Å². The summed E-state index contributed by atoms with van der Waals surface area (Å²) in [7, 11) is 1.91. The van der Waals surface area contributed by atoms with Gasteiger partial charge in [0, 0.05) is 25.3 Å². The first-order valence-electron chi connectivity index (χ1n) is 8.17. The van der Waals surface area contributed by atoms with Crippen LogP contribution in [-0.4, -0.2) is 29.5 Å². The molecule has 1 amide bonds. The number of carbonyl (C=O) groups excluding carboxylic acids is 1. The van der Waals surface area contributed by atoms with E-state index in [1.807, 2.05) is 72.6 Å². The molecule has 126 valence electrons. The second-order valence-corrected chi connectivity index (χ2v) is 5.65. The summed E-state index contributed by atoms with van der Waals surface area (Å²) in [6.45, 7) is 0.566. The van der Waals surface area contributed by atoms with Crippen molar-refractivity contribution in [3.05, 3.63) is 84.3 Å². The standard InChI is InChI=1S/C20H20N4O/c1-24(17-10-6-3-7-11-17)19-14-18(22-15-23-19)20(25)21-13-12-16-8-4-2-5-9-16/h2-11,14-15H,12-13H2,1H3,(H,21,25). The monoisotopic (exact) mass is 332 g/mol. The van der Waals surface area contributed by atoms with Gasteiger partial charge in [0.05, 0.1) is 0 Å². The smallest absolute Gasteiger partial charge is 0.270 e. The van der Waals surface area contributed by atoms with Gasteiger partial charge >= 0.3 is 0 Å². The third-order valence-corrected chi connectivity index (χ3v) is 3.91. The van der Waals surface area contributed by atoms with Crippen LogP contribution in [0.3, 0.4) is 0 Å². The number of nitrogens with one attached hydrogen (secondary N) is 1. The molecular weight excluding hydrogens is 312 g/mol. The van der Waals surface area contributed by atoms with Crippen molar-refractivity contribution in [1.82, 2.24) is 15.3 Å². The number of carbonyl (C=O) groups is 1. The van der Waals surface area contributed by atoms with Gasteiger partial charge in [-0.15, -0.1) is 0 Å². The minimum absolute atomic E-state index is 0.193. The van der Waals surface area contributed by atoms with Crippen LogP contribution in [0.4, 0.5) is 11.5 Å². The van der Waals surface area contributed by atoms with Gasteiger partial charge in [-0.3, -0.25) is 4.79 Å².